The van der Waals surface area contributed by atoms with E-state index in [4.69, 9.17) is 5.11 Å². The Bertz CT molecular complexity index is 781. The summed E-state index contributed by atoms with van der Waals surface area (Å²) in [5, 5.41) is 14.1. The third kappa shape index (κ3) is 3.56. The second kappa shape index (κ2) is 6.81. The van der Waals surface area contributed by atoms with Gasteiger partial charge >= 0.3 is 5.97 Å². The van der Waals surface area contributed by atoms with Gasteiger partial charge in [-0.05, 0) is 17.7 Å². The number of benzene rings is 1. The molecule has 0 spiro atoms. The van der Waals surface area contributed by atoms with Gasteiger partial charge in [0.25, 0.3) is 5.91 Å². The number of amides is 2. The van der Waals surface area contributed by atoms with Crippen LogP contribution in [0.3, 0.4) is 0 Å². The first-order valence-electron chi connectivity index (χ1n) is 8.12. The Morgan fingerprint density at radius 1 is 1.23 bits per heavy atom. The summed E-state index contributed by atoms with van der Waals surface area (Å²) in [6, 6.07) is 5.55. The van der Waals surface area contributed by atoms with E-state index in [2.05, 4.69) is 5.10 Å². The lowest BCUT2D eigenvalue weighted by molar-refractivity contribution is -0.150. The molecule has 1 aromatic rings. The molecular weight excluding hydrogens is 348 g/mol. The van der Waals surface area contributed by atoms with Crippen LogP contribution < -0.4 is 0 Å². The fraction of sp³-hybridized carbons (Fsp3) is 0.412. The van der Waals surface area contributed by atoms with Crippen LogP contribution in [-0.4, -0.2) is 57.3 Å². The molecule has 1 unspecified atom stereocenters. The molecule has 2 aliphatic heterocycles. The minimum absolute atomic E-state index is 0.0213. The Hall–Kier alpha value is -2.84. The first-order chi connectivity index (χ1) is 12.3. The van der Waals surface area contributed by atoms with Crippen molar-refractivity contribution < 1.29 is 28.3 Å². The minimum Gasteiger partial charge on any atom is -0.479 e. The molecule has 1 N–H and O–H groups in total. The van der Waals surface area contributed by atoms with Gasteiger partial charge in [0.1, 0.15) is 11.5 Å². The molecule has 0 bridgehead atoms. The quantitative estimate of drug-likeness (QED) is 0.872. The summed E-state index contributed by atoms with van der Waals surface area (Å²) in [5.74, 6) is -2.84. The Labute approximate surface area is 147 Å². The largest absolute Gasteiger partial charge is 0.479 e. The molecule has 1 atom stereocenters. The first kappa shape index (κ1) is 18.0. The molecule has 7 nitrogen and oxygen atoms in total. The smallest absolute Gasteiger partial charge is 0.343 e. The van der Waals surface area contributed by atoms with E-state index in [1.807, 2.05) is 0 Å². The number of carbonyl (C=O) groups is 3. The summed E-state index contributed by atoms with van der Waals surface area (Å²) < 4.78 is 27.1. The highest BCUT2D eigenvalue weighted by molar-refractivity contribution is 6.39. The maximum atomic E-state index is 14.1. The van der Waals surface area contributed by atoms with Crippen molar-refractivity contribution in [2.75, 3.05) is 13.1 Å². The van der Waals surface area contributed by atoms with E-state index in [1.54, 1.807) is 0 Å². The Kier molecular flexibility index (Phi) is 4.71. The Morgan fingerprint density at radius 3 is 2.54 bits per heavy atom. The number of rotatable bonds is 4. The molecule has 1 saturated heterocycles. The number of nitrogens with zero attached hydrogens (tertiary/aromatic N) is 3. The molecule has 1 fully saturated rings. The maximum Gasteiger partial charge on any atom is 0.343 e. The van der Waals surface area contributed by atoms with E-state index >= 15 is 0 Å². The molecule has 0 saturated carbocycles. The molecule has 2 amide bonds. The van der Waals surface area contributed by atoms with Crippen molar-refractivity contribution in [1.82, 2.24) is 9.91 Å². The SMILES string of the molecule is O=C(C1=NN(Cc2ccc(F)cc2)C(=O)CC1)N1CCC(F)(C(=O)O)C1. The van der Waals surface area contributed by atoms with Gasteiger partial charge < -0.3 is 10.0 Å². The van der Waals surface area contributed by atoms with Crippen LogP contribution >= 0.6 is 0 Å². The Morgan fingerprint density at radius 2 is 1.92 bits per heavy atom. The van der Waals surface area contributed by atoms with Gasteiger partial charge in [0, 0.05) is 25.8 Å². The summed E-state index contributed by atoms with van der Waals surface area (Å²) in [6.45, 7) is -0.475. The van der Waals surface area contributed by atoms with E-state index in [1.165, 1.54) is 24.3 Å². The predicted octanol–water partition coefficient (Wildman–Crippen LogP) is 1.33. The van der Waals surface area contributed by atoms with Crippen LogP contribution in [-0.2, 0) is 20.9 Å². The maximum absolute atomic E-state index is 14.1. The second-order valence-corrected chi connectivity index (χ2v) is 6.37. The zero-order valence-electron chi connectivity index (χ0n) is 13.8. The van der Waals surface area contributed by atoms with E-state index in [-0.39, 0.29) is 44.0 Å². The lowest BCUT2D eigenvalue weighted by Gasteiger charge is -2.25. The molecule has 0 aromatic heterocycles. The number of likely N-dealkylation sites (tertiary alicyclic amines) is 1. The number of hydrogen-bond donors (Lipinski definition) is 1. The number of aliphatic carboxylic acids is 1. The number of alkyl halides is 1. The van der Waals surface area contributed by atoms with Crippen molar-refractivity contribution in [2.45, 2.75) is 31.5 Å². The van der Waals surface area contributed by atoms with E-state index in [0.29, 0.717) is 5.56 Å². The topological polar surface area (TPSA) is 90.3 Å². The monoisotopic (exact) mass is 365 g/mol. The van der Waals surface area contributed by atoms with Gasteiger partial charge in [0.2, 0.25) is 11.6 Å². The van der Waals surface area contributed by atoms with Crippen LogP contribution in [0.2, 0.25) is 0 Å². The molecule has 138 valence electrons. The van der Waals surface area contributed by atoms with Gasteiger partial charge in [-0.25, -0.2) is 18.6 Å². The lowest BCUT2D eigenvalue weighted by Crippen LogP contribution is -2.43. The average molecular weight is 365 g/mol. The molecular formula is C17H17F2N3O4. The minimum atomic E-state index is -2.45. The highest BCUT2D eigenvalue weighted by Crippen LogP contribution is 2.27. The van der Waals surface area contributed by atoms with Gasteiger partial charge in [0.05, 0.1) is 13.1 Å². The predicted molar refractivity (Wildman–Crippen MR) is 86.3 cm³/mol. The van der Waals surface area contributed by atoms with Crippen molar-refractivity contribution in [3.8, 4) is 0 Å². The number of hydrazone groups is 1. The molecule has 26 heavy (non-hydrogen) atoms. The number of hydrogen-bond acceptors (Lipinski definition) is 4. The van der Waals surface area contributed by atoms with Crippen molar-refractivity contribution in [1.29, 1.82) is 0 Å². The number of carbonyl (C=O) groups excluding carboxylic acids is 2. The van der Waals surface area contributed by atoms with Gasteiger partial charge in [-0.3, -0.25) is 9.59 Å². The molecule has 9 heteroatoms. The van der Waals surface area contributed by atoms with E-state index in [9.17, 15) is 23.2 Å². The number of halogens is 2. The standard InChI is InChI=1S/C17H17F2N3O4/c18-12-3-1-11(2-4-12)9-22-14(23)6-5-13(20-22)15(24)21-8-7-17(19,10-21)16(25)26/h1-4H,5-10H2,(H,25,26). The normalized spacial score (nSPS) is 23.2. The fourth-order valence-electron chi connectivity index (χ4n) is 2.95. The summed E-state index contributed by atoms with van der Waals surface area (Å²) in [5.41, 5.74) is -1.72. The van der Waals surface area contributed by atoms with Gasteiger partial charge in [0.15, 0.2) is 0 Å². The zero-order valence-corrected chi connectivity index (χ0v) is 13.8. The molecule has 0 radical (unpaired) electrons. The summed E-state index contributed by atoms with van der Waals surface area (Å²) in [6.07, 6.45) is -0.0979. The molecule has 0 aliphatic carbocycles. The van der Waals surface area contributed by atoms with Crippen LogP contribution in [0.4, 0.5) is 8.78 Å². The average Bonchev–Trinajstić information content (AvgIpc) is 3.02. The number of carboxylic acids is 1. The van der Waals surface area contributed by atoms with Crippen molar-refractivity contribution in [3.05, 3.63) is 35.6 Å². The lowest BCUT2D eigenvalue weighted by atomic mass is 10.1. The highest BCUT2D eigenvalue weighted by atomic mass is 19.1. The van der Waals surface area contributed by atoms with E-state index in [0.717, 1.165) is 9.91 Å². The molecule has 3 rings (SSSR count). The third-order valence-corrected chi connectivity index (χ3v) is 4.49. The Balaban J connectivity index is 1.73. The summed E-state index contributed by atoms with van der Waals surface area (Å²) in [4.78, 5) is 36.6. The molecule has 2 aliphatic rings. The van der Waals surface area contributed by atoms with Crippen LogP contribution in [0.5, 0.6) is 0 Å². The van der Waals surface area contributed by atoms with Crippen LogP contribution in [0, 0.1) is 5.82 Å². The second-order valence-electron chi connectivity index (χ2n) is 6.37. The third-order valence-electron chi connectivity index (χ3n) is 4.49. The van der Waals surface area contributed by atoms with Crippen molar-refractivity contribution in [2.24, 2.45) is 5.10 Å². The molecule has 1 aromatic carbocycles. The summed E-state index contributed by atoms with van der Waals surface area (Å²) >= 11 is 0. The fourth-order valence-corrected chi connectivity index (χ4v) is 2.95. The summed E-state index contributed by atoms with van der Waals surface area (Å²) in [7, 11) is 0. The van der Waals surface area contributed by atoms with E-state index < -0.39 is 29.9 Å². The number of carboxylic acid groups (broad SMARTS) is 1. The molecule has 2 heterocycles. The van der Waals surface area contributed by atoms with Crippen molar-refractivity contribution in [3.63, 3.8) is 0 Å². The van der Waals surface area contributed by atoms with Gasteiger partial charge in [-0.1, -0.05) is 12.1 Å². The highest BCUT2D eigenvalue weighted by Gasteiger charge is 2.47. The van der Waals surface area contributed by atoms with Crippen molar-refractivity contribution >= 4 is 23.5 Å². The first-order valence-corrected chi connectivity index (χ1v) is 8.12. The van der Waals surface area contributed by atoms with Gasteiger partial charge in [-0.15, -0.1) is 0 Å². The van der Waals surface area contributed by atoms with Crippen LogP contribution in [0.1, 0.15) is 24.8 Å². The van der Waals surface area contributed by atoms with Gasteiger partial charge in [-0.2, -0.15) is 5.10 Å². The zero-order chi connectivity index (χ0) is 18.9. The van der Waals surface area contributed by atoms with Crippen LogP contribution in [0.25, 0.3) is 0 Å². The van der Waals surface area contributed by atoms with Crippen LogP contribution in [0.15, 0.2) is 29.4 Å².